The molecule has 6 nitrogen and oxygen atoms in total. The first-order valence-electron chi connectivity index (χ1n) is 5.77. The summed E-state index contributed by atoms with van der Waals surface area (Å²) in [4.78, 5) is 22.4. The van der Waals surface area contributed by atoms with E-state index < -0.39 is 12.0 Å². The van der Waals surface area contributed by atoms with Gasteiger partial charge in [-0.1, -0.05) is 13.3 Å². The van der Waals surface area contributed by atoms with Crippen molar-refractivity contribution in [1.82, 2.24) is 5.32 Å². The van der Waals surface area contributed by atoms with Crippen molar-refractivity contribution < 1.29 is 19.4 Å². The van der Waals surface area contributed by atoms with Crippen LogP contribution in [0.5, 0.6) is 0 Å². The van der Waals surface area contributed by atoms with E-state index in [0.717, 1.165) is 12.8 Å². The van der Waals surface area contributed by atoms with E-state index in [-0.39, 0.29) is 31.4 Å². The van der Waals surface area contributed by atoms with E-state index in [0.29, 0.717) is 0 Å². The predicted molar refractivity (Wildman–Crippen MR) is 63.6 cm³/mol. The Morgan fingerprint density at radius 2 is 2.06 bits per heavy atom. The lowest BCUT2D eigenvalue weighted by Crippen LogP contribution is -2.43. The molecular formula is C11H22N2O4. The van der Waals surface area contributed by atoms with Crippen LogP contribution in [-0.4, -0.2) is 42.8 Å². The van der Waals surface area contributed by atoms with E-state index in [1.54, 1.807) is 0 Å². The molecule has 0 aliphatic carbocycles. The molecule has 0 rings (SSSR count). The van der Waals surface area contributed by atoms with Crippen LogP contribution in [0.1, 0.15) is 32.6 Å². The van der Waals surface area contributed by atoms with Gasteiger partial charge in [-0.3, -0.25) is 4.79 Å². The summed E-state index contributed by atoms with van der Waals surface area (Å²) in [6.07, 6.45) is 2.06. The molecule has 0 bridgehead atoms. The summed E-state index contributed by atoms with van der Waals surface area (Å²) in [5.74, 6) is -1.38. The minimum Gasteiger partial charge on any atom is -0.480 e. The van der Waals surface area contributed by atoms with Crippen molar-refractivity contribution in [3.05, 3.63) is 0 Å². The zero-order valence-corrected chi connectivity index (χ0v) is 10.4. The van der Waals surface area contributed by atoms with Crippen LogP contribution in [0.25, 0.3) is 0 Å². The Labute approximate surface area is 102 Å². The SMILES string of the molecule is CCCC(N)CC(=O)NC(CCOC)C(=O)O. The molecule has 0 heterocycles. The van der Waals surface area contributed by atoms with Crippen LogP contribution < -0.4 is 11.1 Å². The van der Waals surface area contributed by atoms with E-state index in [4.69, 9.17) is 15.6 Å². The summed E-state index contributed by atoms with van der Waals surface area (Å²) >= 11 is 0. The molecule has 0 aromatic rings. The summed E-state index contributed by atoms with van der Waals surface area (Å²) in [5, 5.41) is 11.3. The third-order valence-corrected chi connectivity index (χ3v) is 2.35. The van der Waals surface area contributed by atoms with Gasteiger partial charge >= 0.3 is 5.97 Å². The highest BCUT2D eigenvalue weighted by Gasteiger charge is 2.20. The Balaban J connectivity index is 4.07. The van der Waals surface area contributed by atoms with Gasteiger partial charge in [0, 0.05) is 32.6 Å². The standard InChI is InChI=1S/C11H22N2O4/c1-3-4-8(12)7-10(14)13-9(11(15)16)5-6-17-2/h8-9H,3-7,12H2,1-2H3,(H,13,14)(H,15,16). The van der Waals surface area contributed by atoms with Gasteiger partial charge in [-0.05, 0) is 6.42 Å². The molecule has 0 saturated carbocycles. The highest BCUT2D eigenvalue weighted by molar-refractivity contribution is 5.83. The number of carbonyl (C=O) groups excluding carboxylic acids is 1. The van der Waals surface area contributed by atoms with Crippen molar-refractivity contribution in [3.63, 3.8) is 0 Å². The molecule has 0 radical (unpaired) electrons. The van der Waals surface area contributed by atoms with Crippen LogP contribution in [0.15, 0.2) is 0 Å². The van der Waals surface area contributed by atoms with E-state index in [1.807, 2.05) is 6.92 Å². The maximum absolute atomic E-state index is 11.5. The molecular weight excluding hydrogens is 224 g/mol. The van der Waals surface area contributed by atoms with Crippen LogP contribution >= 0.6 is 0 Å². The fourth-order valence-corrected chi connectivity index (χ4v) is 1.46. The Morgan fingerprint density at radius 3 is 2.53 bits per heavy atom. The normalized spacial score (nSPS) is 14.1. The number of amides is 1. The number of ether oxygens (including phenoxy) is 1. The minimum absolute atomic E-state index is 0.157. The van der Waals surface area contributed by atoms with Crippen molar-refractivity contribution in [1.29, 1.82) is 0 Å². The van der Waals surface area contributed by atoms with Crippen molar-refractivity contribution in [2.24, 2.45) is 5.73 Å². The van der Waals surface area contributed by atoms with Crippen molar-refractivity contribution >= 4 is 11.9 Å². The molecule has 0 spiro atoms. The average Bonchev–Trinajstić information content (AvgIpc) is 2.23. The molecule has 0 aromatic carbocycles. The molecule has 2 atom stereocenters. The summed E-state index contributed by atoms with van der Waals surface area (Å²) in [7, 11) is 1.48. The smallest absolute Gasteiger partial charge is 0.326 e. The first-order chi connectivity index (χ1) is 8.01. The van der Waals surface area contributed by atoms with Crippen molar-refractivity contribution in [2.45, 2.75) is 44.7 Å². The summed E-state index contributed by atoms with van der Waals surface area (Å²) < 4.78 is 4.78. The van der Waals surface area contributed by atoms with Gasteiger partial charge in [0.2, 0.25) is 5.91 Å². The lowest BCUT2D eigenvalue weighted by atomic mass is 10.1. The molecule has 17 heavy (non-hydrogen) atoms. The Bertz CT molecular complexity index is 246. The Morgan fingerprint density at radius 1 is 1.41 bits per heavy atom. The quantitative estimate of drug-likeness (QED) is 0.536. The fraction of sp³-hybridized carbons (Fsp3) is 0.818. The number of aliphatic carboxylic acids is 1. The van der Waals surface area contributed by atoms with Gasteiger partial charge in [0.1, 0.15) is 6.04 Å². The fourth-order valence-electron chi connectivity index (χ4n) is 1.46. The zero-order chi connectivity index (χ0) is 13.3. The van der Waals surface area contributed by atoms with Gasteiger partial charge in [-0.2, -0.15) is 0 Å². The number of methoxy groups -OCH3 is 1. The number of carboxylic acids is 1. The van der Waals surface area contributed by atoms with Crippen LogP contribution in [0, 0.1) is 0 Å². The molecule has 0 fully saturated rings. The Kier molecular flexibility index (Phi) is 8.35. The first kappa shape index (κ1) is 15.9. The second-order valence-corrected chi connectivity index (χ2v) is 3.99. The van der Waals surface area contributed by atoms with Gasteiger partial charge in [-0.15, -0.1) is 0 Å². The summed E-state index contributed by atoms with van der Waals surface area (Å²) in [6.45, 7) is 2.27. The third kappa shape index (κ3) is 7.70. The van der Waals surface area contributed by atoms with Crippen LogP contribution in [0.2, 0.25) is 0 Å². The van der Waals surface area contributed by atoms with Crippen LogP contribution in [-0.2, 0) is 14.3 Å². The third-order valence-electron chi connectivity index (χ3n) is 2.35. The van der Waals surface area contributed by atoms with E-state index >= 15 is 0 Å². The molecule has 100 valence electrons. The van der Waals surface area contributed by atoms with E-state index in [2.05, 4.69) is 5.32 Å². The maximum atomic E-state index is 11.5. The summed E-state index contributed by atoms with van der Waals surface area (Å²) in [5.41, 5.74) is 5.70. The van der Waals surface area contributed by atoms with E-state index in [9.17, 15) is 9.59 Å². The molecule has 0 aliphatic rings. The topological polar surface area (TPSA) is 102 Å². The monoisotopic (exact) mass is 246 g/mol. The highest BCUT2D eigenvalue weighted by atomic mass is 16.5. The van der Waals surface area contributed by atoms with Gasteiger partial charge < -0.3 is 20.9 Å². The minimum atomic E-state index is -1.06. The molecule has 4 N–H and O–H groups in total. The predicted octanol–water partition coefficient (Wildman–Crippen LogP) is 0.110. The number of hydrogen-bond acceptors (Lipinski definition) is 4. The van der Waals surface area contributed by atoms with Crippen molar-refractivity contribution in [3.8, 4) is 0 Å². The van der Waals surface area contributed by atoms with Crippen LogP contribution in [0.3, 0.4) is 0 Å². The highest BCUT2D eigenvalue weighted by Crippen LogP contribution is 2.00. The van der Waals surface area contributed by atoms with Gasteiger partial charge in [-0.25, -0.2) is 4.79 Å². The number of carbonyl (C=O) groups is 2. The largest absolute Gasteiger partial charge is 0.480 e. The van der Waals surface area contributed by atoms with Crippen molar-refractivity contribution in [2.75, 3.05) is 13.7 Å². The molecule has 6 heteroatoms. The molecule has 0 aliphatic heterocycles. The molecule has 0 saturated heterocycles. The van der Waals surface area contributed by atoms with Gasteiger partial charge in [0.15, 0.2) is 0 Å². The Hall–Kier alpha value is -1.14. The second kappa shape index (κ2) is 8.95. The number of hydrogen-bond donors (Lipinski definition) is 3. The second-order valence-electron chi connectivity index (χ2n) is 3.99. The molecule has 0 aromatic heterocycles. The van der Waals surface area contributed by atoms with Gasteiger partial charge in [0.25, 0.3) is 0 Å². The zero-order valence-electron chi connectivity index (χ0n) is 10.4. The first-order valence-corrected chi connectivity index (χ1v) is 5.77. The number of carboxylic acid groups (broad SMARTS) is 1. The number of nitrogens with one attached hydrogen (secondary N) is 1. The average molecular weight is 246 g/mol. The van der Waals surface area contributed by atoms with Gasteiger partial charge in [0.05, 0.1) is 0 Å². The number of rotatable bonds is 9. The lowest BCUT2D eigenvalue weighted by Gasteiger charge is -2.16. The molecule has 1 amide bonds. The van der Waals surface area contributed by atoms with E-state index in [1.165, 1.54) is 7.11 Å². The number of nitrogens with two attached hydrogens (primary N) is 1. The maximum Gasteiger partial charge on any atom is 0.326 e. The molecule has 2 unspecified atom stereocenters. The van der Waals surface area contributed by atoms with Crippen LogP contribution in [0.4, 0.5) is 0 Å². The summed E-state index contributed by atoms with van der Waals surface area (Å²) in [6, 6.07) is -1.12. The lowest BCUT2D eigenvalue weighted by molar-refractivity contribution is -0.142.